The van der Waals surface area contributed by atoms with Crippen LogP contribution in [0.3, 0.4) is 0 Å². The average molecular weight is 339 g/mol. The molecule has 1 aromatic carbocycles. The van der Waals surface area contributed by atoms with Crippen LogP contribution in [-0.2, 0) is 19.9 Å². The highest BCUT2D eigenvalue weighted by Crippen LogP contribution is 2.35. The van der Waals surface area contributed by atoms with Crippen molar-refractivity contribution in [3.05, 3.63) is 46.8 Å². The number of methoxy groups -OCH3 is 1. The van der Waals surface area contributed by atoms with Crippen molar-refractivity contribution >= 4 is 5.91 Å². The molecule has 1 atom stereocenters. The second-order valence-corrected chi connectivity index (χ2v) is 7.04. The third-order valence-electron chi connectivity index (χ3n) is 5.56. The number of carbonyl (C=O) groups is 1. The first kappa shape index (κ1) is 16.2. The van der Waals surface area contributed by atoms with E-state index in [0.29, 0.717) is 5.69 Å². The molecule has 0 saturated carbocycles. The summed E-state index contributed by atoms with van der Waals surface area (Å²) in [6, 6.07) is 8.19. The number of carbonyl (C=O) groups excluding carboxylic acids is 1. The summed E-state index contributed by atoms with van der Waals surface area (Å²) in [5, 5.41) is 4.60. The van der Waals surface area contributed by atoms with Crippen LogP contribution in [0.2, 0.25) is 0 Å². The number of hydrogen-bond donors (Lipinski definition) is 0. The predicted octanol–water partition coefficient (Wildman–Crippen LogP) is 3.28. The van der Waals surface area contributed by atoms with Gasteiger partial charge in [0.25, 0.3) is 5.91 Å². The van der Waals surface area contributed by atoms with Crippen molar-refractivity contribution < 1.29 is 9.53 Å². The lowest BCUT2D eigenvalue weighted by atomic mass is 9.95. The number of aryl methyl sites for hydroxylation is 1. The number of benzene rings is 1. The number of aromatic nitrogens is 2. The second kappa shape index (κ2) is 6.54. The minimum atomic E-state index is 0.0871. The molecule has 0 bridgehead atoms. The Morgan fingerprint density at radius 1 is 1.24 bits per heavy atom. The van der Waals surface area contributed by atoms with Gasteiger partial charge < -0.3 is 9.64 Å². The molecule has 0 N–H and O–H groups in total. The molecule has 2 heterocycles. The molecular formula is C20H25N3O2. The van der Waals surface area contributed by atoms with Crippen LogP contribution in [0.4, 0.5) is 0 Å². The lowest BCUT2D eigenvalue weighted by Crippen LogP contribution is -2.31. The van der Waals surface area contributed by atoms with Gasteiger partial charge >= 0.3 is 0 Å². The molecule has 5 heteroatoms. The summed E-state index contributed by atoms with van der Waals surface area (Å²) < 4.78 is 7.27. The largest absolute Gasteiger partial charge is 0.497 e. The van der Waals surface area contributed by atoms with Gasteiger partial charge in [0.05, 0.1) is 13.2 Å². The van der Waals surface area contributed by atoms with Gasteiger partial charge in [-0.1, -0.05) is 12.1 Å². The van der Waals surface area contributed by atoms with E-state index in [1.165, 1.54) is 17.7 Å². The highest BCUT2D eigenvalue weighted by atomic mass is 16.5. The first-order chi connectivity index (χ1) is 12.2. The summed E-state index contributed by atoms with van der Waals surface area (Å²) in [4.78, 5) is 15.3. The minimum absolute atomic E-state index is 0.0871. The van der Waals surface area contributed by atoms with Crippen molar-refractivity contribution in [2.24, 2.45) is 7.05 Å². The second-order valence-electron chi connectivity index (χ2n) is 7.04. The molecule has 1 aromatic heterocycles. The van der Waals surface area contributed by atoms with Crippen LogP contribution < -0.4 is 4.74 Å². The summed E-state index contributed by atoms with van der Waals surface area (Å²) in [5.74, 6) is 0.927. The standard InChI is InChI=1S/C20H25N3O2/c1-22-18-10-4-3-9-16(18)19(21-22)20(24)23-12-6-11-17(23)14-7-5-8-15(13-14)25-2/h5,7-8,13,17H,3-4,6,9-12H2,1-2H3/t17-/m1/s1. The summed E-state index contributed by atoms with van der Waals surface area (Å²) in [6.07, 6.45) is 6.37. The fraction of sp³-hybridized carbons (Fsp3) is 0.500. The molecule has 132 valence electrons. The first-order valence-corrected chi connectivity index (χ1v) is 9.18. The molecule has 0 radical (unpaired) electrons. The Hall–Kier alpha value is -2.30. The molecule has 1 amide bonds. The monoisotopic (exact) mass is 339 g/mol. The minimum Gasteiger partial charge on any atom is -0.497 e. The topological polar surface area (TPSA) is 47.4 Å². The van der Waals surface area contributed by atoms with Gasteiger partial charge in [-0.25, -0.2) is 0 Å². The third kappa shape index (κ3) is 2.81. The van der Waals surface area contributed by atoms with Crippen LogP contribution >= 0.6 is 0 Å². The van der Waals surface area contributed by atoms with Gasteiger partial charge in [0, 0.05) is 24.8 Å². The van der Waals surface area contributed by atoms with E-state index in [4.69, 9.17) is 4.74 Å². The van der Waals surface area contributed by atoms with E-state index < -0.39 is 0 Å². The number of rotatable bonds is 3. The van der Waals surface area contributed by atoms with Crippen molar-refractivity contribution in [1.29, 1.82) is 0 Å². The molecular weight excluding hydrogens is 314 g/mol. The van der Waals surface area contributed by atoms with Gasteiger partial charge in [-0.15, -0.1) is 0 Å². The van der Waals surface area contributed by atoms with Crippen LogP contribution in [0.1, 0.15) is 59.0 Å². The van der Waals surface area contributed by atoms with Crippen LogP contribution in [0.25, 0.3) is 0 Å². The zero-order chi connectivity index (χ0) is 17.4. The number of fused-ring (bicyclic) bond motifs is 1. The SMILES string of the molecule is COc1cccc([C@H]2CCCN2C(=O)c2nn(C)c3c2CCCC3)c1. The van der Waals surface area contributed by atoms with Gasteiger partial charge in [0.2, 0.25) is 0 Å². The molecule has 2 aliphatic rings. The van der Waals surface area contributed by atoms with Gasteiger partial charge in [-0.05, 0) is 56.2 Å². The zero-order valence-corrected chi connectivity index (χ0v) is 15.0. The highest BCUT2D eigenvalue weighted by Gasteiger charge is 2.34. The fourth-order valence-electron chi connectivity index (χ4n) is 4.29. The van der Waals surface area contributed by atoms with E-state index in [-0.39, 0.29) is 11.9 Å². The summed E-state index contributed by atoms with van der Waals surface area (Å²) >= 11 is 0. The molecule has 4 rings (SSSR count). The van der Waals surface area contributed by atoms with Crippen molar-refractivity contribution in [1.82, 2.24) is 14.7 Å². The summed E-state index contributed by atoms with van der Waals surface area (Å²) in [7, 11) is 3.64. The summed E-state index contributed by atoms with van der Waals surface area (Å²) in [5.41, 5.74) is 4.24. The van der Waals surface area contributed by atoms with E-state index >= 15 is 0 Å². The lowest BCUT2D eigenvalue weighted by molar-refractivity contribution is 0.0727. The Morgan fingerprint density at radius 2 is 2.08 bits per heavy atom. The quantitative estimate of drug-likeness (QED) is 0.862. The van der Waals surface area contributed by atoms with Gasteiger partial charge in [-0.3, -0.25) is 9.48 Å². The van der Waals surface area contributed by atoms with Crippen LogP contribution in [-0.4, -0.2) is 34.2 Å². The molecule has 1 aliphatic heterocycles. The van der Waals surface area contributed by atoms with Crippen LogP contribution in [0, 0.1) is 0 Å². The molecule has 0 unspecified atom stereocenters. The van der Waals surface area contributed by atoms with Crippen molar-refractivity contribution in [3.8, 4) is 5.75 Å². The molecule has 1 fully saturated rings. The molecule has 25 heavy (non-hydrogen) atoms. The maximum atomic E-state index is 13.3. The van der Waals surface area contributed by atoms with Crippen molar-refractivity contribution in [2.75, 3.05) is 13.7 Å². The number of likely N-dealkylation sites (tertiary alicyclic amines) is 1. The van der Waals surface area contributed by atoms with E-state index in [9.17, 15) is 4.79 Å². The maximum Gasteiger partial charge on any atom is 0.275 e. The van der Waals surface area contributed by atoms with Crippen LogP contribution in [0.15, 0.2) is 24.3 Å². The molecule has 1 aliphatic carbocycles. The highest BCUT2D eigenvalue weighted by molar-refractivity contribution is 5.94. The van der Waals surface area contributed by atoms with Gasteiger partial charge in [0.1, 0.15) is 5.75 Å². The number of nitrogens with zero attached hydrogens (tertiary/aromatic N) is 3. The maximum absolute atomic E-state index is 13.3. The molecule has 0 spiro atoms. The van der Waals surface area contributed by atoms with E-state index in [2.05, 4.69) is 11.2 Å². The Balaban J connectivity index is 1.65. The molecule has 1 saturated heterocycles. The Labute approximate surface area is 148 Å². The Bertz CT molecular complexity index is 796. The van der Waals surface area contributed by atoms with Crippen molar-refractivity contribution in [2.45, 2.75) is 44.6 Å². The average Bonchev–Trinajstić information content (AvgIpc) is 3.27. The Morgan fingerprint density at radius 3 is 2.92 bits per heavy atom. The van der Waals surface area contributed by atoms with Gasteiger partial charge in [-0.2, -0.15) is 5.10 Å². The summed E-state index contributed by atoms with van der Waals surface area (Å²) in [6.45, 7) is 0.798. The molecule has 5 nitrogen and oxygen atoms in total. The Kier molecular flexibility index (Phi) is 4.24. The normalized spacial score (nSPS) is 19.8. The smallest absolute Gasteiger partial charge is 0.275 e. The zero-order valence-electron chi connectivity index (χ0n) is 15.0. The van der Waals surface area contributed by atoms with Crippen LogP contribution in [0.5, 0.6) is 5.75 Å². The third-order valence-corrected chi connectivity index (χ3v) is 5.56. The fourth-order valence-corrected chi connectivity index (χ4v) is 4.29. The number of ether oxygens (including phenoxy) is 1. The molecule has 2 aromatic rings. The number of hydrogen-bond acceptors (Lipinski definition) is 3. The predicted molar refractivity (Wildman–Crippen MR) is 95.9 cm³/mol. The van der Waals surface area contributed by atoms with E-state index in [1.807, 2.05) is 34.8 Å². The van der Waals surface area contributed by atoms with Gasteiger partial charge in [0.15, 0.2) is 5.69 Å². The van der Waals surface area contributed by atoms with E-state index in [1.54, 1.807) is 7.11 Å². The lowest BCUT2D eigenvalue weighted by Gasteiger charge is -2.25. The first-order valence-electron chi connectivity index (χ1n) is 9.18. The van der Waals surface area contributed by atoms with Crippen molar-refractivity contribution in [3.63, 3.8) is 0 Å². The van der Waals surface area contributed by atoms with E-state index in [0.717, 1.165) is 50.0 Å². The number of amides is 1.